The molecule has 244 valence electrons. The van der Waals surface area contributed by atoms with E-state index in [2.05, 4.69) is 15.0 Å². The molecule has 1 aromatic carbocycles. The van der Waals surface area contributed by atoms with Crippen LogP contribution < -0.4 is 15.9 Å². The summed E-state index contributed by atoms with van der Waals surface area (Å²) in [5, 5.41) is 0.197. The van der Waals surface area contributed by atoms with Crippen LogP contribution in [0.2, 0.25) is 0 Å². The average Bonchev–Trinajstić information content (AvgIpc) is 3.65. The molecule has 0 spiro atoms. The Balaban J connectivity index is 1.47. The molecule has 0 aliphatic heterocycles. The van der Waals surface area contributed by atoms with E-state index in [1.54, 1.807) is 32.3 Å². The number of hydrogen-bond acceptors (Lipinski definition) is 6. The van der Waals surface area contributed by atoms with Gasteiger partial charge in [0, 0.05) is 30.3 Å². The van der Waals surface area contributed by atoms with Gasteiger partial charge in [0.25, 0.3) is 11.1 Å². The summed E-state index contributed by atoms with van der Waals surface area (Å²) in [6.45, 7) is 6.90. The zero-order valence-corrected chi connectivity index (χ0v) is 26.8. The summed E-state index contributed by atoms with van der Waals surface area (Å²) < 4.78 is 76.5. The highest BCUT2D eigenvalue weighted by atomic mass is 32.2. The van der Waals surface area contributed by atoms with Gasteiger partial charge in [0.05, 0.1) is 12.4 Å². The highest BCUT2D eigenvalue weighted by Crippen LogP contribution is 2.43. The molecule has 1 aliphatic carbocycles. The fraction of sp³-hybridized carbons (Fsp3) is 0.242. The largest absolute Gasteiger partial charge is 0.455 e. The van der Waals surface area contributed by atoms with Crippen LogP contribution in [0.25, 0.3) is 28.0 Å². The third-order valence-electron chi connectivity index (χ3n) is 8.65. The molecule has 0 saturated heterocycles. The molecule has 1 atom stereocenters. The molecule has 6 rings (SSSR count). The minimum absolute atomic E-state index is 0.0964. The Kier molecular flexibility index (Phi) is 7.46. The number of aromatic amines is 2. The minimum Gasteiger partial charge on any atom is -0.455 e. The zero-order chi connectivity index (χ0) is 34.1. The summed E-state index contributed by atoms with van der Waals surface area (Å²) >= 11 is 0. The number of aryl methyl sites for hydroxylation is 3. The van der Waals surface area contributed by atoms with Gasteiger partial charge in [-0.2, -0.15) is 13.2 Å². The molecular formula is C33H30F3N5O5S. The molecule has 0 saturated carbocycles. The molecule has 0 radical (unpaired) electrons. The quantitative estimate of drug-likeness (QED) is 0.222. The summed E-state index contributed by atoms with van der Waals surface area (Å²) in [5.41, 5.74) is 0.428. The minimum atomic E-state index is -4.76. The van der Waals surface area contributed by atoms with Gasteiger partial charge in [-0.1, -0.05) is 30.4 Å². The Bertz CT molecular complexity index is 2360. The SMILES string of the molecule is CC1=CC(c2cc(=O)n(C)cc2Oc2c(C)cccc2C)=CCC1(C)S(=O)(=O)n1c(-c2ncc(C(F)(F)F)[nH]2)cc2cc[nH]c(=O)c21. The lowest BCUT2D eigenvalue weighted by atomic mass is 9.87. The van der Waals surface area contributed by atoms with Crippen molar-refractivity contribution in [2.24, 2.45) is 7.05 Å². The predicted octanol–water partition coefficient (Wildman–Crippen LogP) is 6.22. The molecule has 0 fully saturated rings. The van der Waals surface area contributed by atoms with Gasteiger partial charge >= 0.3 is 6.18 Å². The number of halogens is 3. The lowest BCUT2D eigenvalue weighted by Crippen LogP contribution is -2.42. The number of pyridine rings is 2. The molecule has 5 aromatic rings. The van der Waals surface area contributed by atoms with E-state index < -0.39 is 32.2 Å². The van der Waals surface area contributed by atoms with Gasteiger partial charge in [0.1, 0.15) is 27.4 Å². The van der Waals surface area contributed by atoms with Crippen LogP contribution in [0.3, 0.4) is 0 Å². The molecule has 1 aliphatic rings. The Labute approximate surface area is 266 Å². The Hall–Kier alpha value is -5.11. The number of nitrogens with zero attached hydrogens (tertiary/aromatic N) is 3. The lowest BCUT2D eigenvalue weighted by molar-refractivity contribution is -0.140. The summed E-state index contributed by atoms with van der Waals surface area (Å²) in [6.07, 6.45) is 1.91. The molecular weight excluding hydrogens is 635 g/mol. The van der Waals surface area contributed by atoms with Gasteiger partial charge in [-0.25, -0.2) is 17.4 Å². The second-order valence-electron chi connectivity index (χ2n) is 11.8. The molecule has 14 heteroatoms. The molecule has 4 aromatic heterocycles. The van der Waals surface area contributed by atoms with Gasteiger partial charge in [-0.05, 0) is 68.5 Å². The number of allylic oxidation sites excluding steroid dienone is 3. The van der Waals surface area contributed by atoms with Crippen molar-refractivity contribution in [3.8, 4) is 23.0 Å². The summed E-state index contributed by atoms with van der Waals surface area (Å²) in [6, 6.07) is 9.90. The number of imidazole rings is 1. The van der Waals surface area contributed by atoms with Crippen LogP contribution in [0.1, 0.15) is 42.7 Å². The Morgan fingerprint density at radius 2 is 1.77 bits per heavy atom. The second kappa shape index (κ2) is 11.0. The van der Waals surface area contributed by atoms with Gasteiger partial charge < -0.3 is 19.3 Å². The number of hydrogen-bond donors (Lipinski definition) is 2. The van der Waals surface area contributed by atoms with Crippen molar-refractivity contribution in [1.29, 1.82) is 0 Å². The number of benzene rings is 1. The summed E-state index contributed by atoms with van der Waals surface area (Å²) in [5.74, 6) is 0.637. The van der Waals surface area contributed by atoms with E-state index in [0.29, 0.717) is 34.4 Å². The summed E-state index contributed by atoms with van der Waals surface area (Å²) in [4.78, 5) is 34.2. The average molecular weight is 666 g/mol. The van der Waals surface area contributed by atoms with Crippen LogP contribution in [0.15, 0.2) is 82.3 Å². The van der Waals surface area contributed by atoms with Crippen molar-refractivity contribution >= 4 is 26.5 Å². The number of rotatable bonds is 6. The zero-order valence-electron chi connectivity index (χ0n) is 26.0. The lowest BCUT2D eigenvalue weighted by Gasteiger charge is -2.33. The van der Waals surface area contributed by atoms with Crippen molar-refractivity contribution in [3.05, 3.63) is 116 Å². The van der Waals surface area contributed by atoms with Crippen LogP contribution in [0, 0.1) is 13.8 Å². The van der Waals surface area contributed by atoms with Crippen LogP contribution in [0.4, 0.5) is 13.2 Å². The highest BCUT2D eigenvalue weighted by Gasteiger charge is 2.45. The van der Waals surface area contributed by atoms with Crippen LogP contribution in [-0.2, 0) is 23.2 Å². The molecule has 0 bridgehead atoms. The molecule has 47 heavy (non-hydrogen) atoms. The molecule has 10 nitrogen and oxygen atoms in total. The first-order chi connectivity index (χ1) is 22.0. The topological polar surface area (TPSA) is 132 Å². The monoisotopic (exact) mass is 665 g/mol. The van der Waals surface area contributed by atoms with Crippen LogP contribution in [-0.4, -0.2) is 36.7 Å². The third-order valence-corrected chi connectivity index (χ3v) is 11.1. The molecule has 2 N–H and O–H groups in total. The molecule has 4 heterocycles. The maximum absolute atomic E-state index is 14.7. The fourth-order valence-electron chi connectivity index (χ4n) is 5.74. The van der Waals surface area contributed by atoms with Crippen LogP contribution >= 0.6 is 0 Å². The van der Waals surface area contributed by atoms with E-state index in [4.69, 9.17) is 4.74 Å². The third kappa shape index (κ3) is 5.22. The van der Waals surface area contributed by atoms with Crippen molar-refractivity contribution < 1.29 is 26.3 Å². The van der Waals surface area contributed by atoms with E-state index in [0.717, 1.165) is 15.1 Å². The fourth-order valence-corrected chi connectivity index (χ4v) is 7.73. The first kappa shape index (κ1) is 31.9. The molecule has 0 amide bonds. The van der Waals surface area contributed by atoms with Crippen molar-refractivity contribution in [3.63, 3.8) is 0 Å². The van der Waals surface area contributed by atoms with Gasteiger partial charge in [0.15, 0.2) is 11.6 Å². The van der Waals surface area contributed by atoms with Crippen molar-refractivity contribution in [1.82, 2.24) is 23.5 Å². The van der Waals surface area contributed by atoms with E-state index in [9.17, 15) is 31.2 Å². The van der Waals surface area contributed by atoms with Crippen LogP contribution in [0.5, 0.6) is 11.5 Å². The number of aromatic nitrogens is 5. The van der Waals surface area contributed by atoms with E-state index in [1.807, 2.05) is 32.0 Å². The summed E-state index contributed by atoms with van der Waals surface area (Å²) in [7, 11) is -2.97. The van der Waals surface area contributed by atoms with E-state index in [-0.39, 0.29) is 34.4 Å². The maximum atomic E-state index is 14.7. The molecule has 1 unspecified atom stereocenters. The van der Waals surface area contributed by atoms with Gasteiger partial charge in [-0.15, -0.1) is 0 Å². The Morgan fingerprint density at radius 1 is 1.06 bits per heavy atom. The predicted molar refractivity (Wildman–Crippen MR) is 172 cm³/mol. The number of nitrogens with one attached hydrogen (secondary N) is 2. The van der Waals surface area contributed by atoms with E-state index >= 15 is 0 Å². The number of H-pyrrole nitrogens is 2. The normalized spacial score (nSPS) is 17.1. The van der Waals surface area contributed by atoms with E-state index in [1.165, 1.54) is 35.9 Å². The number of fused-ring (bicyclic) bond motifs is 1. The first-order valence-electron chi connectivity index (χ1n) is 14.5. The number of ether oxygens (including phenoxy) is 1. The second-order valence-corrected chi connectivity index (χ2v) is 14.0. The highest BCUT2D eigenvalue weighted by molar-refractivity contribution is 7.91. The maximum Gasteiger partial charge on any atom is 0.432 e. The van der Waals surface area contributed by atoms with Crippen molar-refractivity contribution in [2.45, 2.75) is 45.0 Å². The number of alkyl halides is 3. The standard InChI is InChI=1S/C33H30F3N5O5S/c1-18-7-6-8-19(2)29(18)46-25-17-40(5)27(42)15-23(25)21-9-11-32(4,20(3)13-21)47(44,45)41-24(14-22-10-12-37-31(43)28(22)41)30-38-16-26(39-30)33(34,35)36/h6-10,12-17H,11H2,1-5H3,(H,37,43)(H,38,39). The Morgan fingerprint density at radius 3 is 2.40 bits per heavy atom. The van der Waals surface area contributed by atoms with Crippen molar-refractivity contribution in [2.75, 3.05) is 0 Å². The number of para-hydroxylation sites is 1. The smallest absolute Gasteiger partial charge is 0.432 e. The first-order valence-corrected chi connectivity index (χ1v) is 15.9. The van der Waals surface area contributed by atoms with Gasteiger partial charge in [0.2, 0.25) is 10.0 Å². The van der Waals surface area contributed by atoms with Gasteiger partial charge in [-0.3, -0.25) is 9.59 Å².